The fourth-order valence-electron chi connectivity index (χ4n) is 1.45. The highest BCUT2D eigenvalue weighted by atomic mass is 14.9. The lowest BCUT2D eigenvalue weighted by atomic mass is 9.76. The van der Waals surface area contributed by atoms with Crippen molar-refractivity contribution in [1.82, 2.24) is 5.32 Å². The molecule has 0 fully saturated rings. The summed E-state index contributed by atoms with van der Waals surface area (Å²) in [5.74, 6) is 0.763. The third-order valence-corrected chi connectivity index (χ3v) is 2.95. The molecule has 0 amide bonds. The van der Waals surface area contributed by atoms with Crippen molar-refractivity contribution in [3.05, 3.63) is 0 Å². The highest BCUT2D eigenvalue weighted by Gasteiger charge is 2.24. The van der Waals surface area contributed by atoms with Gasteiger partial charge in [0.1, 0.15) is 0 Å². The molecule has 0 aliphatic rings. The van der Waals surface area contributed by atoms with Gasteiger partial charge >= 0.3 is 0 Å². The summed E-state index contributed by atoms with van der Waals surface area (Å²) in [4.78, 5) is 0. The van der Waals surface area contributed by atoms with Crippen LogP contribution < -0.4 is 5.32 Å². The maximum absolute atomic E-state index is 3.46. The number of hydrogen-bond acceptors (Lipinski definition) is 1. The van der Waals surface area contributed by atoms with E-state index in [2.05, 4.69) is 46.9 Å². The highest BCUT2D eigenvalue weighted by Crippen LogP contribution is 2.31. The van der Waals surface area contributed by atoms with E-state index in [1.54, 1.807) is 0 Å². The fourth-order valence-corrected chi connectivity index (χ4v) is 1.45. The van der Waals surface area contributed by atoms with Crippen LogP contribution in [0, 0.1) is 11.3 Å². The second-order valence-electron chi connectivity index (χ2n) is 4.81. The molecule has 0 saturated heterocycles. The quantitative estimate of drug-likeness (QED) is 0.670. The van der Waals surface area contributed by atoms with Crippen molar-refractivity contribution in [1.29, 1.82) is 0 Å². The zero-order chi connectivity index (χ0) is 9.78. The number of nitrogens with one attached hydrogen (secondary N) is 1. The Hall–Kier alpha value is -0.0400. The van der Waals surface area contributed by atoms with Gasteiger partial charge in [-0.3, -0.25) is 0 Å². The van der Waals surface area contributed by atoms with Crippen molar-refractivity contribution in [3.8, 4) is 0 Å². The largest absolute Gasteiger partial charge is 0.315 e. The molecule has 0 heterocycles. The molecular formula is C11H25N. The summed E-state index contributed by atoms with van der Waals surface area (Å²) in [6, 6.07) is 0.646. The van der Waals surface area contributed by atoms with E-state index in [-0.39, 0.29) is 0 Å². The average Bonchev–Trinajstić information content (AvgIpc) is 1.85. The molecule has 0 aromatic rings. The highest BCUT2D eigenvalue weighted by molar-refractivity contribution is 4.77. The van der Waals surface area contributed by atoms with Crippen LogP contribution in [0.5, 0.6) is 0 Å². The van der Waals surface area contributed by atoms with Crippen molar-refractivity contribution in [2.24, 2.45) is 11.3 Å². The Balaban J connectivity index is 3.88. The molecule has 12 heavy (non-hydrogen) atoms. The fraction of sp³-hybridized carbons (Fsp3) is 1.00. The van der Waals surface area contributed by atoms with Crippen molar-refractivity contribution in [2.45, 2.75) is 54.0 Å². The number of rotatable bonds is 5. The molecular weight excluding hydrogens is 146 g/mol. The zero-order valence-corrected chi connectivity index (χ0v) is 9.57. The smallest absolute Gasteiger partial charge is 0.00437 e. The summed E-state index contributed by atoms with van der Waals surface area (Å²) < 4.78 is 0. The van der Waals surface area contributed by atoms with E-state index in [1.807, 2.05) is 0 Å². The Labute approximate surface area is 77.9 Å². The summed E-state index contributed by atoms with van der Waals surface area (Å²) >= 11 is 0. The lowest BCUT2D eigenvalue weighted by molar-refractivity contribution is 0.204. The Kier molecular flexibility index (Phi) is 4.84. The molecule has 74 valence electrons. The Morgan fingerprint density at radius 1 is 1.17 bits per heavy atom. The first-order valence-corrected chi connectivity index (χ1v) is 5.13. The summed E-state index contributed by atoms with van der Waals surface area (Å²) in [6.07, 6.45) is 1.26. The second-order valence-corrected chi connectivity index (χ2v) is 4.81. The van der Waals surface area contributed by atoms with Crippen LogP contribution in [-0.2, 0) is 0 Å². The molecule has 1 unspecified atom stereocenters. The lowest BCUT2D eigenvalue weighted by Crippen LogP contribution is -2.33. The maximum atomic E-state index is 3.46. The molecule has 0 aliphatic heterocycles. The average molecular weight is 171 g/mol. The summed E-state index contributed by atoms with van der Waals surface area (Å²) in [5, 5.41) is 3.46. The van der Waals surface area contributed by atoms with E-state index >= 15 is 0 Å². The third kappa shape index (κ3) is 4.10. The third-order valence-electron chi connectivity index (χ3n) is 2.95. The van der Waals surface area contributed by atoms with Gasteiger partial charge in [-0.25, -0.2) is 0 Å². The topological polar surface area (TPSA) is 12.0 Å². The SMILES string of the molecule is CCNC(C)CC(C)(C)C(C)C. The van der Waals surface area contributed by atoms with Gasteiger partial charge < -0.3 is 5.32 Å². The van der Waals surface area contributed by atoms with Gasteiger partial charge in [0.25, 0.3) is 0 Å². The van der Waals surface area contributed by atoms with Crippen LogP contribution in [0.15, 0.2) is 0 Å². The number of hydrogen-bond donors (Lipinski definition) is 1. The van der Waals surface area contributed by atoms with Crippen LogP contribution in [0.25, 0.3) is 0 Å². The van der Waals surface area contributed by atoms with Gasteiger partial charge in [-0.15, -0.1) is 0 Å². The first-order valence-electron chi connectivity index (χ1n) is 5.13. The Morgan fingerprint density at radius 2 is 1.67 bits per heavy atom. The molecule has 0 radical (unpaired) electrons. The minimum atomic E-state index is 0.460. The summed E-state index contributed by atoms with van der Waals surface area (Å²) in [7, 11) is 0. The first-order chi connectivity index (χ1) is 5.40. The van der Waals surface area contributed by atoms with Crippen molar-refractivity contribution in [2.75, 3.05) is 6.54 Å². The van der Waals surface area contributed by atoms with Gasteiger partial charge in [0.2, 0.25) is 0 Å². The van der Waals surface area contributed by atoms with Crippen LogP contribution in [0.3, 0.4) is 0 Å². The van der Waals surface area contributed by atoms with Crippen LogP contribution in [-0.4, -0.2) is 12.6 Å². The zero-order valence-electron chi connectivity index (χ0n) is 9.57. The van der Waals surface area contributed by atoms with Gasteiger partial charge in [0, 0.05) is 6.04 Å². The molecule has 0 bridgehead atoms. The first kappa shape index (κ1) is 12.0. The van der Waals surface area contributed by atoms with Crippen LogP contribution in [0.2, 0.25) is 0 Å². The van der Waals surface area contributed by atoms with Crippen molar-refractivity contribution >= 4 is 0 Å². The van der Waals surface area contributed by atoms with Gasteiger partial charge in [-0.2, -0.15) is 0 Å². The van der Waals surface area contributed by atoms with Gasteiger partial charge in [0.15, 0.2) is 0 Å². The molecule has 1 atom stereocenters. The van der Waals surface area contributed by atoms with E-state index in [0.29, 0.717) is 11.5 Å². The monoisotopic (exact) mass is 171 g/mol. The summed E-state index contributed by atoms with van der Waals surface area (Å²) in [5.41, 5.74) is 0.460. The standard InChI is InChI=1S/C11H25N/c1-7-12-10(4)8-11(5,6)9(2)3/h9-10,12H,7-8H2,1-6H3. The van der Waals surface area contributed by atoms with E-state index in [1.165, 1.54) is 6.42 Å². The van der Waals surface area contributed by atoms with Crippen molar-refractivity contribution in [3.63, 3.8) is 0 Å². The Morgan fingerprint density at radius 3 is 2.00 bits per heavy atom. The summed E-state index contributed by atoms with van der Waals surface area (Å²) in [6.45, 7) is 14.8. The van der Waals surface area contributed by atoms with Gasteiger partial charge in [-0.1, -0.05) is 34.6 Å². The van der Waals surface area contributed by atoms with E-state index < -0.39 is 0 Å². The van der Waals surface area contributed by atoms with E-state index in [9.17, 15) is 0 Å². The predicted octanol–water partition coefficient (Wildman–Crippen LogP) is 3.06. The molecule has 0 aromatic heterocycles. The van der Waals surface area contributed by atoms with Crippen LogP contribution in [0.4, 0.5) is 0 Å². The van der Waals surface area contributed by atoms with Gasteiger partial charge in [0.05, 0.1) is 0 Å². The van der Waals surface area contributed by atoms with Crippen LogP contribution in [0.1, 0.15) is 48.0 Å². The van der Waals surface area contributed by atoms with Crippen molar-refractivity contribution < 1.29 is 0 Å². The van der Waals surface area contributed by atoms with E-state index in [4.69, 9.17) is 0 Å². The molecule has 0 rings (SSSR count). The lowest BCUT2D eigenvalue weighted by Gasteiger charge is -2.32. The minimum Gasteiger partial charge on any atom is -0.315 e. The molecule has 0 saturated carbocycles. The molecule has 1 N–H and O–H groups in total. The molecule has 0 spiro atoms. The van der Waals surface area contributed by atoms with E-state index in [0.717, 1.165) is 12.5 Å². The van der Waals surface area contributed by atoms with Gasteiger partial charge in [-0.05, 0) is 31.2 Å². The normalized spacial score (nSPS) is 15.2. The molecule has 0 aromatic carbocycles. The second kappa shape index (κ2) is 4.86. The molecule has 0 aliphatic carbocycles. The minimum absolute atomic E-state index is 0.460. The van der Waals surface area contributed by atoms with Crippen LogP contribution >= 0.6 is 0 Å². The molecule has 1 heteroatoms. The maximum Gasteiger partial charge on any atom is 0.00437 e. The predicted molar refractivity (Wildman–Crippen MR) is 56.4 cm³/mol. The Bertz CT molecular complexity index is 116. The molecule has 1 nitrogen and oxygen atoms in total.